The number of rotatable bonds is 7. The third kappa shape index (κ3) is 4.56. The molecular weight excluding hydrogens is 420 g/mol. The summed E-state index contributed by atoms with van der Waals surface area (Å²) in [4.78, 5) is 12.8. The minimum atomic E-state index is -3.64. The lowest BCUT2D eigenvalue weighted by molar-refractivity contribution is -0.124. The molecule has 1 atom stereocenters. The van der Waals surface area contributed by atoms with Crippen LogP contribution in [0.25, 0.3) is 0 Å². The first-order valence-electron chi connectivity index (χ1n) is 9.69. The van der Waals surface area contributed by atoms with E-state index in [0.29, 0.717) is 31.7 Å². The first kappa shape index (κ1) is 20.6. The molecule has 0 aliphatic carbocycles. The van der Waals surface area contributed by atoms with E-state index in [-0.39, 0.29) is 10.1 Å². The number of benzene rings is 2. The Balaban J connectivity index is 1.40. The Morgan fingerprint density at radius 3 is 2.63 bits per heavy atom. The SMILES string of the molecule is O=C(NCc1cccc(Oc2ccccc2)c1)C1CCCN1S(=O)(=O)c1cccs1. The van der Waals surface area contributed by atoms with E-state index >= 15 is 0 Å². The van der Waals surface area contributed by atoms with E-state index in [4.69, 9.17) is 4.74 Å². The Kier molecular flexibility index (Phi) is 6.17. The number of ether oxygens (including phenoxy) is 1. The van der Waals surface area contributed by atoms with Gasteiger partial charge >= 0.3 is 0 Å². The molecule has 156 valence electrons. The van der Waals surface area contributed by atoms with Gasteiger partial charge in [0, 0.05) is 13.1 Å². The summed E-state index contributed by atoms with van der Waals surface area (Å²) < 4.78 is 33.1. The summed E-state index contributed by atoms with van der Waals surface area (Å²) in [7, 11) is -3.64. The first-order valence-corrected chi connectivity index (χ1v) is 12.0. The molecule has 30 heavy (non-hydrogen) atoms. The van der Waals surface area contributed by atoms with Crippen LogP contribution < -0.4 is 10.1 Å². The average Bonchev–Trinajstić information content (AvgIpc) is 3.46. The molecule has 4 rings (SSSR count). The van der Waals surface area contributed by atoms with Gasteiger partial charge in [0.25, 0.3) is 10.0 Å². The molecule has 1 fully saturated rings. The van der Waals surface area contributed by atoms with Crippen LogP contribution in [-0.2, 0) is 21.4 Å². The molecule has 1 unspecified atom stereocenters. The Morgan fingerprint density at radius 1 is 1.07 bits per heavy atom. The number of hydrogen-bond donors (Lipinski definition) is 1. The van der Waals surface area contributed by atoms with Gasteiger partial charge in [-0.2, -0.15) is 4.31 Å². The highest BCUT2D eigenvalue weighted by molar-refractivity contribution is 7.91. The zero-order chi connectivity index (χ0) is 21.0. The molecular formula is C22H22N2O4S2. The van der Waals surface area contributed by atoms with Gasteiger partial charge in [-0.15, -0.1) is 11.3 Å². The lowest BCUT2D eigenvalue weighted by atomic mass is 10.2. The van der Waals surface area contributed by atoms with Crippen molar-refractivity contribution in [1.29, 1.82) is 0 Å². The molecule has 0 bridgehead atoms. The van der Waals surface area contributed by atoms with Crippen LogP contribution in [0.5, 0.6) is 11.5 Å². The van der Waals surface area contributed by atoms with Crippen LogP contribution in [0, 0.1) is 0 Å². The molecule has 0 spiro atoms. The van der Waals surface area contributed by atoms with Crippen LogP contribution in [0.1, 0.15) is 18.4 Å². The van der Waals surface area contributed by atoms with Crippen LogP contribution in [-0.4, -0.2) is 31.2 Å². The third-order valence-corrected chi connectivity index (χ3v) is 8.19. The van der Waals surface area contributed by atoms with Gasteiger partial charge in [0.15, 0.2) is 0 Å². The van der Waals surface area contributed by atoms with E-state index in [0.717, 1.165) is 11.3 Å². The summed E-state index contributed by atoms with van der Waals surface area (Å²) in [6.07, 6.45) is 1.19. The fraction of sp³-hybridized carbons (Fsp3) is 0.227. The molecule has 1 saturated heterocycles. The Morgan fingerprint density at radius 2 is 1.87 bits per heavy atom. The molecule has 8 heteroatoms. The van der Waals surface area contributed by atoms with Crippen molar-refractivity contribution in [3.05, 3.63) is 77.7 Å². The van der Waals surface area contributed by atoms with Gasteiger partial charge < -0.3 is 10.1 Å². The fourth-order valence-corrected chi connectivity index (χ4v) is 6.24. The summed E-state index contributed by atoms with van der Waals surface area (Å²) >= 11 is 1.17. The van der Waals surface area contributed by atoms with Gasteiger partial charge in [0.1, 0.15) is 21.8 Å². The third-order valence-electron chi connectivity index (χ3n) is 4.91. The van der Waals surface area contributed by atoms with Gasteiger partial charge in [-0.1, -0.05) is 36.4 Å². The van der Waals surface area contributed by atoms with Gasteiger partial charge in [0.05, 0.1) is 0 Å². The van der Waals surface area contributed by atoms with Crippen molar-refractivity contribution < 1.29 is 17.9 Å². The highest BCUT2D eigenvalue weighted by atomic mass is 32.2. The minimum Gasteiger partial charge on any atom is -0.457 e. The average molecular weight is 443 g/mol. The van der Waals surface area contributed by atoms with Crippen molar-refractivity contribution in [3.63, 3.8) is 0 Å². The summed E-state index contributed by atoms with van der Waals surface area (Å²) in [5.41, 5.74) is 0.877. The molecule has 0 radical (unpaired) electrons. The van der Waals surface area contributed by atoms with Crippen LogP contribution in [0.4, 0.5) is 0 Å². The van der Waals surface area contributed by atoms with E-state index in [1.165, 1.54) is 15.6 Å². The number of hydrogen-bond acceptors (Lipinski definition) is 5. The second-order valence-corrected chi connectivity index (χ2v) is 10.1. The summed E-state index contributed by atoms with van der Waals surface area (Å²) in [5.74, 6) is 1.14. The van der Waals surface area contributed by atoms with Crippen LogP contribution in [0.15, 0.2) is 76.3 Å². The number of carbonyl (C=O) groups is 1. The second-order valence-electron chi connectivity index (χ2n) is 6.99. The Bertz CT molecular complexity index is 1100. The second kappa shape index (κ2) is 8.99. The first-order chi connectivity index (χ1) is 14.5. The van der Waals surface area contributed by atoms with E-state index < -0.39 is 16.1 Å². The maximum absolute atomic E-state index is 12.8. The van der Waals surface area contributed by atoms with Gasteiger partial charge in [-0.25, -0.2) is 8.42 Å². The topological polar surface area (TPSA) is 75.7 Å². The highest BCUT2D eigenvalue weighted by Gasteiger charge is 2.39. The number of para-hydroxylation sites is 1. The van der Waals surface area contributed by atoms with Crippen molar-refractivity contribution in [2.45, 2.75) is 29.6 Å². The van der Waals surface area contributed by atoms with Gasteiger partial charge in [0.2, 0.25) is 5.91 Å². The summed E-state index contributed by atoms with van der Waals surface area (Å²) in [5, 5.41) is 4.61. The highest BCUT2D eigenvalue weighted by Crippen LogP contribution is 2.29. The van der Waals surface area contributed by atoms with E-state index in [2.05, 4.69) is 5.32 Å². The summed E-state index contributed by atoms with van der Waals surface area (Å²) in [6, 6.07) is 19.5. The van der Waals surface area contributed by atoms with E-state index in [9.17, 15) is 13.2 Å². The number of thiophene rings is 1. The van der Waals surface area contributed by atoms with Crippen molar-refractivity contribution in [3.8, 4) is 11.5 Å². The molecule has 1 aromatic heterocycles. The zero-order valence-corrected chi connectivity index (χ0v) is 17.9. The van der Waals surface area contributed by atoms with E-state index in [1.54, 1.807) is 17.5 Å². The van der Waals surface area contributed by atoms with Crippen molar-refractivity contribution in [2.24, 2.45) is 0 Å². The predicted molar refractivity (Wildman–Crippen MR) is 116 cm³/mol. The fourth-order valence-electron chi connectivity index (χ4n) is 3.47. The molecule has 1 N–H and O–H groups in total. The van der Waals surface area contributed by atoms with Crippen molar-refractivity contribution in [2.75, 3.05) is 6.54 Å². The standard InChI is InChI=1S/C22H22N2O4S2/c25-22(20-11-5-13-24(20)30(26,27)21-12-6-14-29-21)23-16-17-7-4-10-19(15-17)28-18-8-2-1-3-9-18/h1-4,6-10,12,14-15,20H,5,11,13,16H2,(H,23,25). The number of carbonyl (C=O) groups excluding carboxylic acids is 1. The van der Waals surface area contributed by atoms with Gasteiger partial charge in [-0.05, 0) is 54.1 Å². The molecule has 1 aliphatic rings. The van der Waals surface area contributed by atoms with Crippen LogP contribution in [0.3, 0.4) is 0 Å². The van der Waals surface area contributed by atoms with Gasteiger partial charge in [-0.3, -0.25) is 4.79 Å². The van der Waals surface area contributed by atoms with Crippen LogP contribution >= 0.6 is 11.3 Å². The van der Waals surface area contributed by atoms with Crippen molar-refractivity contribution >= 4 is 27.3 Å². The molecule has 1 aliphatic heterocycles. The molecule has 2 heterocycles. The molecule has 3 aromatic rings. The lowest BCUT2D eigenvalue weighted by Crippen LogP contribution is -2.45. The molecule has 1 amide bonds. The zero-order valence-electron chi connectivity index (χ0n) is 16.2. The number of nitrogens with one attached hydrogen (secondary N) is 1. The smallest absolute Gasteiger partial charge is 0.253 e. The predicted octanol–water partition coefficient (Wildman–Crippen LogP) is 4.01. The maximum atomic E-state index is 12.8. The normalized spacial score (nSPS) is 17.0. The molecule has 6 nitrogen and oxygen atoms in total. The number of sulfonamides is 1. The monoisotopic (exact) mass is 442 g/mol. The summed E-state index contributed by atoms with van der Waals surface area (Å²) in [6.45, 7) is 0.660. The Hall–Kier alpha value is -2.68. The quantitative estimate of drug-likeness (QED) is 0.600. The minimum absolute atomic E-state index is 0.271. The Labute approximate surface area is 180 Å². The molecule has 2 aromatic carbocycles. The maximum Gasteiger partial charge on any atom is 0.253 e. The van der Waals surface area contributed by atoms with Crippen LogP contribution in [0.2, 0.25) is 0 Å². The lowest BCUT2D eigenvalue weighted by Gasteiger charge is -2.22. The molecule has 0 saturated carbocycles. The van der Waals surface area contributed by atoms with Crippen molar-refractivity contribution in [1.82, 2.24) is 9.62 Å². The van der Waals surface area contributed by atoms with E-state index in [1.807, 2.05) is 54.6 Å². The number of nitrogens with zero attached hydrogens (tertiary/aromatic N) is 1. The largest absolute Gasteiger partial charge is 0.457 e. The number of amides is 1.